The van der Waals surface area contributed by atoms with E-state index >= 15 is 0 Å². The Bertz CT molecular complexity index is 436. The number of amides is 1. The first-order valence-electron chi connectivity index (χ1n) is 6.80. The van der Waals surface area contributed by atoms with E-state index < -0.39 is 0 Å². The Hall–Kier alpha value is -1.00. The molecule has 0 radical (unpaired) electrons. The molecule has 1 aliphatic rings. The quantitative estimate of drug-likeness (QED) is 0.832. The van der Waals surface area contributed by atoms with E-state index in [2.05, 4.69) is 5.32 Å². The molecule has 1 aromatic rings. The Labute approximate surface area is 118 Å². The van der Waals surface area contributed by atoms with Crippen LogP contribution < -0.4 is 5.32 Å². The van der Waals surface area contributed by atoms with Gasteiger partial charge in [0.1, 0.15) is 0 Å². The van der Waals surface area contributed by atoms with Crippen LogP contribution in [0.2, 0.25) is 0 Å². The summed E-state index contributed by atoms with van der Waals surface area (Å²) < 4.78 is 0. The molecular formula is C15H21NO2S. The lowest BCUT2D eigenvalue weighted by Crippen LogP contribution is -2.45. The second-order valence-electron chi connectivity index (χ2n) is 5.01. The van der Waals surface area contributed by atoms with E-state index in [0.717, 1.165) is 36.1 Å². The fraction of sp³-hybridized carbons (Fsp3) is 0.533. The minimum absolute atomic E-state index is 0.00690. The van der Waals surface area contributed by atoms with Gasteiger partial charge in [0.15, 0.2) is 0 Å². The van der Waals surface area contributed by atoms with Gasteiger partial charge in [0.05, 0.1) is 18.6 Å². The number of aliphatic hydroxyl groups excluding tert-OH is 1. The second kappa shape index (κ2) is 6.96. The van der Waals surface area contributed by atoms with Gasteiger partial charge in [-0.15, -0.1) is 11.8 Å². The van der Waals surface area contributed by atoms with Crippen molar-refractivity contribution in [2.75, 3.05) is 6.26 Å². The van der Waals surface area contributed by atoms with Gasteiger partial charge in [-0.05, 0) is 30.7 Å². The van der Waals surface area contributed by atoms with E-state index in [1.165, 1.54) is 0 Å². The Kier molecular flexibility index (Phi) is 5.28. The first-order chi connectivity index (χ1) is 9.20. The summed E-state index contributed by atoms with van der Waals surface area (Å²) in [6.45, 7) is 0. The number of carbonyl (C=O) groups is 1. The van der Waals surface area contributed by atoms with Crippen molar-refractivity contribution in [2.24, 2.45) is 0 Å². The summed E-state index contributed by atoms with van der Waals surface area (Å²) in [7, 11) is 0. The number of hydrogen-bond acceptors (Lipinski definition) is 3. The van der Waals surface area contributed by atoms with Crippen molar-refractivity contribution in [1.82, 2.24) is 5.32 Å². The smallest absolute Gasteiger partial charge is 0.224 e. The molecule has 104 valence electrons. The van der Waals surface area contributed by atoms with E-state index in [-0.39, 0.29) is 18.1 Å². The second-order valence-corrected chi connectivity index (χ2v) is 5.86. The van der Waals surface area contributed by atoms with E-state index in [1.54, 1.807) is 11.8 Å². The van der Waals surface area contributed by atoms with Gasteiger partial charge in [-0.25, -0.2) is 0 Å². The number of nitrogens with one attached hydrogen (secondary N) is 1. The molecule has 2 rings (SSSR count). The molecule has 0 spiro atoms. The van der Waals surface area contributed by atoms with Crippen molar-refractivity contribution in [3.63, 3.8) is 0 Å². The highest BCUT2D eigenvalue weighted by atomic mass is 32.2. The van der Waals surface area contributed by atoms with Crippen molar-refractivity contribution < 1.29 is 9.90 Å². The van der Waals surface area contributed by atoms with Gasteiger partial charge in [-0.3, -0.25) is 4.79 Å². The molecule has 0 saturated heterocycles. The molecular weight excluding hydrogens is 258 g/mol. The van der Waals surface area contributed by atoms with Gasteiger partial charge in [0.2, 0.25) is 5.91 Å². The minimum atomic E-state index is -0.381. The molecule has 0 bridgehead atoms. The maximum Gasteiger partial charge on any atom is 0.224 e. The summed E-state index contributed by atoms with van der Waals surface area (Å²) in [4.78, 5) is 13.2. The van der Waals surface area contributed by atoms with Crippen molar-refractivity contribution in [3.05, 3.63) is 29.8 Å². The van der Waals surface area contributed by atoms with E-state index in [1.807, 2.05) is 30.5 Å². The summed E-state index contributed by atoms with van der Waals surface area (Å²) in [5.74, 6) is 0.00690. The van der Waals surface area contributed by atoms with Gasteiger partial charge < -0.3 is 10.4 Å². The van der Waals surface area contributed by atoms with Crippen LogP contribution in [0.15, 0.2) is 29.2 Å². The lowest BCUT2D eigenvalue weighted by atomic mass is 9.92. The van der Waals surface area contributed by atoms with Crippen molar-refractivity contribution in [3.8, 4) is 0 Å². The fourth-order valence-electron chi connectivity index (χ4n) is 2.56. The third-order valence-electron chi connectivity index (χ3n) is 3.62. The zero-order valence-electron chi connectivity index (χ0n) is 11.3. The van der Waals surface area contributed by atoms with Crippen molar-refractivity contribution >= 4 is 17.7 Å². The molecule has 1 saturated carbocycles. The van der Waals surface area contributed by atoms with Crippen molar-refractivity contribution in [1.29, 1.82) is 0 Å². The van der Waals surface area contributed by atoms with Crippen LogP contribution in [0.25, 0.3) is 0 Å². The molecule has 2 unspecified atom stereocenters. The molecule has 19 heavy (non-hydrogen) atoms. The summed E-state index contributed by atoms with van der Waals surface area (Å²) in [6.07, 6.45) is 5.85. The molecule has 2 N–H and O–H groups in total. The number of aliphatic hydroxyl groups is 1. The molecule has 1 aliphatic carbocycles. The summed E-state index contributed by atoms with van der Waals surface area (Å²) in [5, 5.41) is 12.8. The molecule has 1 aromatic carbocycles. The highest BCUT2D eigenvalue weighted by Gasteiger charge is 2.24. The van der Waals surface area contributed by atoms with E-state index in [4.69, 9.17) is 0 Å². The number of thioether (sulfide) groups is 1. The first kappa shape index (κ1) is 14.4. The largest absolute Gasteiger partial charge is 0.391 e. The monoisotopic (exact) mass is 279 g/mol. The third-order valence-corrected chi connectivity index (χ3v) is 4.46. The molecule has 2 atom stereocenters. The SMILES string of the molecule is CSc1ccccc1CC(=O)NC1CCCCC1O. The van der Waals surface area contributed by atoms with Crippen LogP contribution >= 0.6 is 11.8 Å². The summed E-state index contributed by atoms with van der Waals surface area (Å²) in [6, 6.07) is 7.89. The van der Waals surface area contributed by atoms with E-state index in [9.17, 15) is 9.90 Å². The van der Waals surface area contributed by atoms with Crippen LogP contribution in [0.4, 0.5) is 0 Å². The number of rotatable bonds is 4. The van der Waals surface area contributed by atoms with Gasteiger partial charge in [-0.1, -0.05) is 31.0 Å². The maximum absolute atomic E-state index is 12.1. The van der Waals surface area contributed by atoms with Crippen LogP contribution in [-0.4, -0.2) is 29.4 Å². The fourth-order valence-corrected chi connectivity index (χ4v) is 3.18. The normalized spacial score (nSPS) is 23.1. The van der Waals surface area contributed by atoms with Gasteiger partial charge in [0.25, 0.3) is 0 Å². The minimum Gasteiger partial charge on any atom is -0.391 e. The molecule has 4 heteroatoms. The molecule has 3 nitrogen and oxygen atoms in total. The Morgan fingerprint density at radius 3 is 2.84 bits per heavy atom. The predicted molar refractivity (Wildman–Crippen MR) is 78.3 cm³/mol. The zero-order chi connectivity index (χ0) is 13.7. The number of carbonyl (C=O) groups excluding carboxylic acids is 1. The van der Waals surface area contributed by atoms with Crippen LogP contribution in [0.1, 0.15) is 31.2 Å². The molecule has 0 aromatic heterocycles. The molecule has 0 heterocycles. The first-order valence-corrected chi connectivity index (χ1v) is 8.02. The van der Waals surface area contributed by atoms with Gasteiger partial charge in [-0.2, -0.15) is 0 Å². The lowest BCUT2D eigenvalue weighted by Gasteiger charge is -2.28. The maximum atomic E-state index is 12.1. The predicted octanol–water partition coefficient (Wildman–Crippen LogP) is 2.37. The molecule has 1 amide bonds. The Balaban J connectivity index is 1.93. The van der Waals surface area contributed by atoms with Crippen LogP contribution in [0.3, 0.4) is 0 Å². The molecule has 1 fully saturated rings. The average Bonchev–Trinajstić information content (AvgIpc) is 2.42. The summed E-state index contributed by atoms with van der Waals surface area (Å²) in [5.41, 5.74) is 1.05. The highest BCUT2D eigenvalue weighted by Crippen LogP contribution is 2.21. The van der Waals surface area contributed by atoms with Gasteiger partial charge >= 0.3 is 0 Å². The van der Waals surface area contributed by atoms with E-state index in [0.29, 0.717) is 6.42 Å². The van der Waals surface area contributed by atoms with Gasteiger partial charge in [0, 0.05) is 4.90 Å². The Morgan fingerprint density at radius 2 is 2.11 bits per heavy atom. The standard InChI is InChI=1S/C15H21NO2S/c1-19-14-9-5-2-6-11(14)10-15(18)16-12-7-3-4-8-13(12)17/h2,5-6,9,12-13,17H,3-4,7-8,10H2,1H3,(H,16,18). The molecule has 0 aliphatic heterocycles. The zero-order valence-corrected chi connectivity index (χ0v) is 12.1. The highest BCUT2D eigenvalue weighted by molar-refractivity contribution is 7.98. The third kappa shape index (κ3) is 3.98. The average molecular weight is 279 g/mol. The van der Waals surface area contributed by atoms with Crippen molar-refractivity contribution in [2.45, 2.75) is 49.1 Å². The van der Waals surface area contributed by atoms with Crippen LogP contribution in [0, 0.1) is 0 Å². The summed E-state index contributed by atoms with van der Waals surface area (Å²) >= 11 is 1.65. The number of hydrogen-bond donors (Lipinski definition) is 2. The topological polar surface area (TPSA) is 49.3 Å². The van der Waals surface area contributed by atoms with Crippen LogP contribution in [-0.2, 0) is 11.2 Å². The lowest BCUT2D eigenvalue weighted by molar-refractivity contribution is -0.122. The number of benzene rings is 1. The van der Waals surface area contributed by atoms with Crippen LogP contribution in [0.5, 0.6) is 0 Å². The Morgan fingerprint density at radius 1 is 1.37 bits per heavy atom.